The molecular formula is C20H22F3N6O3S2+. The van der Waals surface area contributed by atoms with E-state index in [4.69, 9.17) is 5.14 Å². The highest BCUT2D eigenvalue weighted by molar-refractivity contribution is 7.86. The van der Waals surface area contributed by atoms with Crippen molar-refractivity contribution in [3.05, 3.63) is 58.3 Å². The molecule has 34 heavy (non-hydrogen) atoms. The SMILES string of the molecule is Cc1cc(Nc2nccc(C(F)(F)F)n2)cc(-[s+]2ccnc2C2(O)CCN(S(N)(=O)=O)CC2)c1. The average Bonchev–Trinajstić information content (AvgIpc) is 3.24. The van der Waals surface area contributed by atoms with E-state index in [1.807, 2.05) is 18.4 Å². The molecule has 0 saturated carbocycles. The highest BCUT2D eigenvalue weighted by Gasteiger charge is 2.45. The summed E-state index contributed by atoms with van der Waals surface area (Å²) >= 11 is 0. The Hall–Kier alpha value is -2.65. The van der Waals surface area contributed by atoms with Crippen LogP contribution in [0.25, 0.3) is 4.90 Å². The molecule has 1 fully saturated rings. The highest BCUT2D eigenvalue weighted by Crippen LogP contribution is 2.45. The highest BCUT2D eigenvalue weighted by atomic mass is 32.2. The number of hydrogen-bond acceptors (Lipinski definition) is 7. The maximum absolute atomic E-state index is 13.0. The first-order valence-electron chi connectivity index (χ1n) is 10.1. The molecule has 0 bridgehead atoms. The summed E-state index contributed by atoms with van der Waals surface area (Å²) in [6.07, 6.45) is -1.68. The fourth-order valence-electron chi connectivity index (χ4n) is 3.77. The van der Waals surface area contributed by atoms with Gasteiger partial charge in [-0.25, -0.2) is 20.1 Å². The van der Waals surface area contributed by atoms with Crippen LogP contribution in [0.5, 0.6) is 0 Å². The molecular weight excluding hydrogens is 493 g/mol. The van der Waals surface area contributed by atoms with E-state index in [2.05, 4.69) is 20.3 Å². The van der Waals surface area contributed by atoms with Crippen LogP contribution in [-0.2, 0) is 22.0 Å². The number of rotatable bonds is 5. The summed E-state index contributed by atoms with van der Waals surface area (Å²) in [5.74, 6) is -0.195. The van der Waals surface area contributed by atoms with Gasteiger partial charge in [-0.3, -0.25) is 0 Å². The molecule has 3 aromatic rings. The first-order chi connectivity index (χ1) is 15.8. The first-order valence-corrected chi connectivity index (χ1v) is 12.9. The van der Waals surface area contributed by atoms with E-state index in [1.165, 1.54) is 0 Å². The lowest BCUT2D eigenvalue weighted by Gasteiger charge is -2.33. The second-order valence-corrected chi connectivity index (χ2v) is 11.3. The minimum absolute atomic E-state index is 0.0685. The minimum atomic E-state index is -4.59. The number of nitrogens with two attached hydrogens (primary N) is 1. The van der Waals surface area contributed by atoms with Crippen molar-refractivity contribution in [2.24, 2.45) is 5.14 Å². The Morgan fingerprint density at radius 3 is 2.53 bits per heavy atom. The van der Waals surface area contributed by atoms with Crippen molar-refractivity contribution >= 4 is 32.3 Å². The van der Waals surface area contributed by atoms with Crippen molar-refractivity contribution in [3.63, 3.8) is 0 Å². The van der Waals surface area contributed by atoms with Gasteiger partial charge in [-0.05, 0) is 24.6 Å². The molecule has 14 heteroatoms. The number of halogens is 3. The Morgan fingerprint density at radius 2 is 1.88 bits per heavy atom. The van der Waals surface area contributed by atoms with Crippen molar-refractivity contribution < 1.29 is 26.7 Å². The second-order valence-electron chi connectivity index (χ2n) is 7.96. The van der Waals surface area contributed by atoms with Gasteiger partial charge >= 0.3 is 6.18 Å². The van der Waals surface area contributed by atoms with Crippen LogP contribution in [0.1, 0.15) is 29.1 Å². The molecule has 1 aromatic carbocycles. The van der Waals surface area contributed by atoms with Gasteiger partial charge in [0, 0.05) is 60.4 Å². The summed E-state index contributed by atoms with van der Waals surface area (Å²) in [7, 11) is -4.58. The molecule has 4 N–H and O–H groups in total. The Labute approximate surface area is 196 Å². The van der Waals surface area contributed by atoms with E-state index in [-0.39, 0.29) is 31.9 Å². The summed E-state index contributed by atoms with van der Waals surface area (Å²) in [5, 5.41) is 21.7. The normalized spacial score (nSPS) is 17.5. The van der Waals surface area contributed by atoms with Gasteiger partial charge in [-0.2, -0.15) is 25.9 Å². The Kier molecular flexibility index (Phi) is 6.37. The smallest absolute Gasteiger partial charge is 0.378 e. The molecule has 1 aliphatic heterocycles. The lowest BCUT2D eigenvalue weighted by molar-refractivity contribution is -0.141. The van der Waals surface area contributed by atoms with Gasteiger partial charge in [-0.1, -0.05) is 0 Å². The van der Waals surface area contributed by atoms with Gasteiger partial charge in [0.05, 0.1) is 6.20 Å². The number of nitrogens with one attached hydrogen (secondary N) is 1. The molecule has 1 unspecified atom stereocenters. The molecule has 0 radical (unpaired) electrons. The lowest BCUT2D eigenvalue weighted by Crippen LogP contribution is -2.47. The van der Waals surface area contributed by atoms with Crippen LogP contribution in [0.2, 0.25) is 0 Å². The third-order valence-corrected chi connectivity index (χ3v) is 8.54. The largest absolute Gasteiger partial charge is 0.433 e. The van der Waals surface area contributed by atoms with Crippen molar-refractivity contribution in [2.75, 3.05) is 18.4 Å². The van der Waals surface area contributed by atoms with Crippen LogP contribution in [0, 0.1) is 6.92 Å². The molecule has 0 aliphatic carbocycles. The molecule has 1 atom stereocenters. The van der Waals surface area contributed by atoms with Crippen LogP contribution in [0.3, 0.4) is 0 Å². The van der Waals surface area contributed by atoms with Gasteiger partial charge < -0.3 is 10.4 Å². The van der Waals surface area contributed by atoms with Crippen LogP contribution in [0.15, 0.2) is 42.0 Å². The quantitative estimate of drug-likeness (QED) is 0.444. The Balaban J connectivity index is 1.63. The molecule has 3 heterocycles. The monoisotopic (exact) mass is 515 g/mol. The molecule has 2 aromatic heterocycles. The number of hydrogen-bond donors (Lipinski definition) is 3. The standard InChI is InChI=1S/C20H22F3N6O3S2/c1-13-10-14(27-18-26-5-2-16(28-18)20(21,22)23)12-15(11-13)33-9-6-25-17(33)19(30)3-7-29(8-4-19)34(24,31)32/h2,5-6,9-12,30H,3-4,7-8H2,1H3,(H2,24,31,32)(H,26,27,28)/q+1. The number of thiazole rings is 1. The third kappa shape index (κ3) is 5.20. The summed E-state index contributed by atoms with van der Waals surface area (Å²) in [6.45, 7) is 1.97. The number of aromatic nitrogens is 3. The fraction of sp³-hybridized carbons (Fsp3) is 0.350. The maximum Gasteiger partial charge on any atom is 0.433 e. The summed E-state index contributed by atoms with van der Waals surface area (Å²) < 4.78 is 63.3. The van der Waals surface area contributed by atoms with Gasteiger partial charge in [0.25, 0.3) is 15.2 Å². The van der Waals surface area contributed by atoms with Crippen molar-refractivity contribution in [1.29, 1.82) is 0 Å². The van der Waals surface area contributed by atoms with Crippen molar-refractivity contribution in [2.45, 2.75) is 31.5 Å². The minimum Gasteiger partial charge on any atom is -0.378 e. The molecule has 1 aliphatic rings. The Morgan fingerprint density at radius 1 is 1.18 bits per heavy atom. The summed E-state index contributed by atoms with van der Waals surface area (Å²) in [5.41, 5.74) is -1.05. The summed E-state index contributed by atoms with van der Waals surface area (Å²) in [4.78, 5) is 12.6. The maximum atomic E-state index is 13.0. The summed E-state index contributed by atoms with van der Waals surface area (Å²) in [6, 6.07) is 6.18. The van der Waals surface area contributed by atoms with E-state index < -0.39 is 38.2 Å². The van der Waals surface area contributed by atoms with Crippen LogP contribution >= 0.6 is 10.5 Å². The molecule has 0 amide bonds. The number of piperidine rings is 1. The van der Waals surface area contributed by atoms with Gasteiger partial charge in [0.2, 0.25) is 5.95 Å². The number of anilines is 2. The molecule has 9 nitrogen and oxygen atoms in total. The number of aliphatic hydroxyl groups is 1. The average molecular weight is 516 g/mol. The zero-order valence-electron chi connectivity index (χ0n) is 18.0. The lowest BCUT2D eigenvalue weighted by atomic mass is 9.93. The van der Waals surface area contributed by atoms with Crippen molar-refractivity contribution in [3.8, 4) is 4.90 Å². The number of benzene rings is 1. The van der Waals surface area contributed by atoms with Gasteiger partial charge in [-0.15, -0.1) is 0 Å². The zero-order valence-corrected chi connectivity index (χ0v) is 19.6. The predicted molar refractivity (Wildman–Crippen MR) is 121 cm³/mol. The van der Waals surface area contributed by atoms with Crippen LogP contribution in [-0.4, -0.2) is 45.9 Å². The number of aryl methyl sites for hydroxylation is 1. The van der Waals surface area contributed by atoms with E-state index >= 15 is 0 Å². The van der Waals surface area contributed by atoms with E-state index in [0.717, 1.165) is 27.0 Å². The van der Waals surface area contributed by atoms with Gasteiger partial charge in [0.15, 0.2) is 15.9 Å². The number of nitrogens with zero attached hydrogens (tertiary/aromatic N) is 4. The fourth-order valence-corrected chi connectivity index (χ4v) is 6.51. The molecule has 4 rings (SSSR count). The van der Waals surface area contributed by atoms with Crippen LogP contribution < -0.4 is 10.5 Å². The molecule has 182 valence electrons. The first kappa shape index (κ1) is 24.5. The Bertz CT molecular complexity index is 1300. The van der Waals surface area contributed by atoms with E-state index in [9.17, 15) is 26.7 Å². The molecule has 1 saturated heterocycles. The van der Waals surface area contributed by atoms with E-state index in [0.29, 0.717) is 10.7 Å². The number of alkyl halides is 3. The third-order valence-electron chi connectivity index (χ3n) is 5.41. The van der Waals surface area contributed by atoms with Crippen LogP contribution in [0.4, 0.5) is 24.8 Å². The second kappa shape index (κ2) is 8.85. The van der Waals surface area contributed by atoms with E-state index in [1.54, 1.807) is 18.3 Å². The predicted octanol–water partition coefficient (Wildman–Crippen LogP) is 3.17. The zero-order chi connectivity index (χ0) is 24.7. The molecule has 0 spiro atoms. The van der Waals surface area contributed by atoms with Gasteiger partial charge in [0.1, 0.15) is 5.69 Å². The topological polar surface area (TPSA) is 134 Å². The van der Waals surface area contributed by atoms with Crippen molar-refractivity contribution in [1.82, 2.24) is 19.3 Å².